The minimum atomic E-state index is -0.401. The van der Waals surface area contributed by atoms with Crippen LogP contribution in [0.3, 0.4) is 0 Å². The van der Waals surface area contributed by atoms with E-state index in [0.717, 1.165) is 12.8 Å². The van der Waals surface area contributed by atoms with Crippen LogP contribution in [0, 0.1) is 0 Å². The van der Waals surface area contributed by atoms with Crippen LogP contribution in [0.15, 0.2) is 31.0 Å². The first kappa shape index (κ1) is 31.4. The summed E-state index contributed by atoms with van der Waals surface area (Å²) in [6, 6.07) is 2.38. The second-order valence-corrected chi connectivity index (χ2v) is 11.1. The SMILES string of the molecule is C=CC(=O)N[C@H]1CN(C(=O)NC)C[C@H]1Nc1ncc2cc(-c3c(Cl)c(OC)cc(OC)c3Cl)nc(NCC3CCCO3)c2n1. The van der Waals surface area contributed by atoms with Gasteiger partial charge in [0.15, 0.2) is 5.82 Å². The molecule has 0 aliphatic carbocycles. The molecule has 2 fully saturated rings. The summed E-state index contributed by atoms with van der Waals surface area (Å²) in [6.07, 6.45) is 4.80. The van der Waals surface area contributed by atoms with Gasteiger partial charge in [-0.3, -0.25) is 4.79 Å². The quantitative estimate of drug-likeness (QED) is 0.240. The predicted molar refractivity (Wildman–Crippen MR) is 169 cm³/mol. The summed E-state index contributed by atoms with van der Waals surface area (Å²) in [5.74, 6) is 1.20. The summed E-state index contributed by atoms with van der Waals surface area (Å²) in [6.45, 7) is 5.37. The number of fused-ring (bicyclic) bond motifs is 1. The molecular weight excluding hydrogens is 611 g/mol. The smallest absolute Gasteiger partial charge is 0.317 e. The summed E-state index contributed by atoms with van der Waals surface area (Å²) in [7, 11) is 4.57. The average Bonchev–Trinajstić information content (AvgIpc) is 3.70. The van der Waals surface area contributed by atoms with Gasteiger partial charge in [-0.1, -0.05) is 29.8 Å². The third-order valence-electron chi connectivity index (χ3n) is 7.57. The molecule has 2 aromatic heterocycles. The summed E-state index contributed by atoms with van der Waals surface area (Å²) < 4.78 is 16.7. The number of halogens is 2. The minimum Gasteiger partial charge on any atom is -0.495 e. The summed E-state index contributed by atoms with van der Waals surface area (Å²) in [4.78, 5) is 40.3. The van der Waals surface area contributed by atoms with Gasteiger partial charge in [0.25, 0.3) is 0 Å². The Labute approximate surface area is 264 Å². The molecular formula is C29H34Cl2N8O5. The Morgan fingerprint density at radius 3 is 2.50 bits per heavy atom. The standard InChI is InChI=1S/C29H34Cl2N8O5/c1-5-22(40)35-18-13-39(29(41)32-2)14-19(18)37-28-34-11-15-9-17(23-24(30)20(42-3)10-21(43-4)25(23)31)36-27(26(15)38-28)33-12-16-7-6-8-44-16/h5,9-11,16,18-19H,1,6-8,12-14H2,2-4H3,(H,32,41)(H,33,36)(H,35,40)(H,34,37,38)/t16?,18-,19+/m0/s1. The Bertz CT molecular complexity index is 1540. The zero-order valence-corrected chi connectivity index (χ0v) is 26.1. The Balaban J connectivity index is 1.54. The molecule has 4 heterocycles. The van der Waals surface area contributed by atoms with Crippen LogP contribution in [0.4, 0.5) is 16.6 Å². The van der Waals surface area contributed by atoms with Crippen molar-refractivity contribution < 1.29 is 23.8 Å². The van der Waals surface area contributed by atoms with Gasteiger partial charge >= 0.3 is 6.03 Å². The van der Waals surface area contributed by atoms with Crippen molar-refractivity contribution in [2.24, 2.45) is 0 Å². The van der Waals surface area contributed by atoms with Crippen LogP contribution in [0.25, 0.3) is 22.2 Å². The van der Waals surface area contributed by atoms with Gasteiger partial charge < -0.3 is 40.4 Å². The highest BCUT2D eigenvalue weighted by atomic mass is 35.5. The number of urea groups is 1. The van der Waals surface area contributed by atoms with Gasteiger partial charge in [0.05, 0.1) is 48.1 Å². The molecule has 0 bridgehead atoms. The number of amides is 3. The normalized spacial score (nSPS) is 19.5. The maximum absolute atomic E-state index is 12.4. The van der Waals surface area contributed by atoms with E-state index in [9.17, 15) is 9.59 Å². The molecule has 5 rings (SSSR count). The van der Waals surface area contributed by atoms with Crippen LogP contribution in [0.5, 0.6) is 11.5 Å². The second kappa shape index (κ2) is 13.7. The number of carbonyl (C=O) groups excluding carboxylic acids is 2. The van der Waals surface area contributed by atoms with E-state index in [1.54, 1.807) is 30.3 Å². The fraction of sp³-hybridized carbons (Fsp3) is 0.414. The van der Waals surface area contributed by atoms with E-state index in [1.807, 2.05) is 0 Å². The van der Waals surface area contributed by atoms with Crippen LogP contribution >= 0.6 is 23.2 Å². The first-order valence-electron chi connectivity index (χ1n) is 14.1. The predicted octanol–water partition coefficient (Wildman–Crippen LogP) is 3.71. The van der Waals surface area contributed by atoms with Gasteiger partial charge in [-0.2, -0.15) is 0 Å². The lowest BCUT2D eigenvalue weighted by atomic mass is 10.1. The molecule has 1 aromatic carbocycles. The molecule has 0 radical (unpaired) electrons. The van der Waals surface area contributed by atoms with Crippen molar-refractivity contribution in [1.29, 1.82) is 0 Å². The van der Waals surface area contributed by atoms with Crippen molar-refractivity contribution in [1.82, 2.24) is 30.5 Å². The number of methoxy groups -OCH3 is 2. The monoisotopic (exact) mass is 644 g/mol. The Morgan fingerprint density at radius 2 is 1.86 bits per heavy atom. The number of anilines is 2. The van der Waals surface area contributed by atoms with E-state index >= 15 is 0 Å². The van der Waals surface area contributed by atoms with Gasteiger partial charge in [-0.25, -0.2) is 19.7 Å². The molecule has 4 N–H and O–H groups in total. The van der Waals surface area contributed by atoms with Crippen molar-refractivity contribution in [2.75, 3.05) is 58.1 Å². The number of carbonyl (C=O) groups is 2. The molecule has 3 amide bonds. The number of rotatable bonds is 10. The van der Waals surface area contributed by atoms with Crippen molar-refractivity contribution in [3.8, 4) is 22.8 Å². The molecule has 2 aliphatic rings. The minimum absolute atomic E-state index is 0.0300. The van der Waals surface area contributed by atoms with Gasteiger partial charge in [0, 0.05) is 56.5 Å². The lowest BCUT2D eigenvalue weighted by Crippen LogP contribution is -2.45. The average molecular weight is 646 g/mol. The van der Waals surface area contributed by atoms with Gasteiger partial charge in [0.1, 0.15) is 17.0 Å². The van der Waals surface area contributed by atoms with Crippen molar-refractivity contribution >= 4 is 57.8 Å². The summed E-state index contributed by atoms with van der Waals surface area (Å²) in [5.41, 5.74) is 1.45. The Kier molecular flexibility index (Phi) is 9.77. The lowest BCUT2D eigenvalue weighted by Gasteiger charge is -2.21. The highest BCUT2D eigenvalue weighted by Crippen LogP contribution is 2.46. The molecule has 2 aliphatic heterocycles. The van der Waals surface area contributed by atoms with Crippen LogP contribution in [0.1, 0.15) is 12.8 Å². The van der Waals surface area contributed by atoms with E-state index in [1.165, 1.54) is 20.3 Å². The molecule has 234 valence electrons. The molecule has 3 atom stereocenters. The largest absolute Gasteiger partial charge is 0.495 e. The Morgan fingerprint density at radius 1 is 1.14 bits per heavy atom. The maximum Gasteiger partial charge on any atom is 0.317 e. The van der Waals surface area contributed by atoms with Gasteiger partial charge in [-0.15, -0.1) is 0 Å². The van der Waals surface area contributed by atoms with Gasteiger partial charge in [0.2, 0.25) is 11.9 Å². The molecule has 15 heteroatoms. The zero-order valence-electron chi connectivity index (χ0n) is 24.6. The van der Waals surface area contributed by atoms with Crippen molar-refractivity contribution in [3.63, 3.8) is 0 Å². The van der Waals surface area contributed by atoms with E-state index in [2.05, 4.69) is 32.8 Å². The number of nitrogens with zero attached hydrogens (tertiary/aromatic N) is 4. The number of pyridine rings is 1. The lowest BCUT2D eigenvalue weighted by molar-refractivity contribution is -0.117. The third-order valence-corrected chi connectivity index (χ3v) is 8.32. The second-order valence-electron chi connectivity index (χ2n) is 10.3. The Hall–Kier alpha value is -4.07. The van der Waals surface area contributed by atoms with E-state index < -0.39 is 6.04 Å². The van der Waals surface area contributed by atoms with Crippen LogP contribution in [-0.4, -0.2) is 97.5 Å². The molecule has 1 unspecified atom stereocenters. The maximum atomic E-state index is 12.4. The number of benzene rings is 1. The molecule has 2 saturated heterocycles. The number of nitrogens with one attached hydrogen (secondary N) is 4. The first-order valence-corrected chi connectivity index (χ1v) is 14.8. The highest BCUT2D eigenvalue weighted by molar-refractivity contribution is 6.41. The van der Waals surface area contributed by atoms with E-state index in [4.69, 9.17) is 47.4 Å². The number of hydrogen-bond donors (Lipinski definition) is 4. The molecule has 0 saturated carbocycles. The summed E-state index contributed by atoms with van der Waals surface area (Å²) >= 11 is 13.5. The van der Waals surface area contributed by atoms with Crippen LogP contribution in [-0.2, 0) is 9.53 Å². The van der Waals surface area contributed by atoms with E-state index in [0.29, 0.717) is 71.7 Å². The molecule has 3 aromatic rings. The molecule has 0 spiro atoms. The first-order chi connectivity index (χ1) is 21.3. The third kappa shape index (κ3) is 6.54. The number of likely N-dealkylation sites (tertiary alicyclic amines) is 1. The van der Waals surface area contributed by atoms with Crippen LogP contribution < -0.4 is 30.7 Å². The van der Waals surface area contributed by atoms with Crippen molar-refractivity contribution in [2.45, 2.75) is 31.0 Å². The summed E-state index contributed by atoms with van der Waals surface area (Å²) in [5, 5.41) is 13.4. The number of hydrogen-bond acceptors (Lipinski definition) is 10. The number of ether oxygens (including phenoxy) is 3. The van der Waals surface area contributed by atoms with Crippen molar-refractivity contribution in [3.05, 3.63) is 41.0 Å². The van der Waals surface area contributed by atoms with Crippen LogP contribution in [0.2, 0.25) is 10.0 Å². The molecule has 44 heavy (non-hydrogen) atoms. The van der Waals surface area contributed by atoms with Gasteiger partial charge in [-0.05, 0) is 25.0 Å². The number of aromatic nitrogens is 3. The fourth-order valence-corrected chi connectivity index (χ4v) is 6.01. The van der Waals surface area contributed by atoms with E-state index in [-0.39, 0.29) is 34.1 Å². The fourth-order valence-electron chi connectivity index (χ4n) is 5.31. The molecule has 13 nitrogen and oxygen atoms in total. The highest BCUT2D eigenvalue weighted by Gasteiger charge is 2.36. The topological polar surface area (TPSA) is 152 Å². The zero-order chi connectivity index (χ0) is 31.4.